The molecule has 3 nitrogen and oxygen atoms in total. The van der Waals surface area contributed by atoms with Crippen molar-refractivity contribution >= 4 is 23.3 Å². The number of hydrogen-bond donors (Lipinski definition) is 0. The lowest BCUT2D eigenvalue weighted by Gasteiger charge is -2.21. The third kappa shape index (κ3) is 3.74. The zero-order chi connectivity index (χ0) is 11.4. The monoisotopic (exact) mass is 239 g/mol. The average Bonchev–Trinajstić information content (AvgIpc) is 3.01. The van der Waals surface area contributed by atoms with Gasteiger partial charge in [-0.05, 0) is 12.8 Å². The van der Waals surface area contributed by atoms with E-state index in [4.69, 9.17) is 11.6 Å². The number of carbonyl (C=O) groups is 2. The minimum absolute atomic E-state index is 0.0540. The van der Waals surface area contributed by atoms with Crippen molar-refractivity contribution < 1.29 is 18.4 Å². The second-order valence-corrected chi connectivity index (χ2v) is 3.75. The van der Waals surface area contributed by atoms with Gasteiger partial charge in [-0.25, -0.2) is 0 Å². The zero-order valence-corrected chi connectivity index (χ0v) is 8.84. The van der Waals surface area contributed by atoms with Gasteiger partial charge in [0.1, 0.15) is 5.78 Å². The molecule has 0 atom stereocenters. The molecule has 0 aromatic carbocycles. The van der Waals surface area contributed by atoms with E-state index in [0.29, 0.717) is 0 Å². The molecule has 0 radical (unpaired) electrons. The van der Waals surface area contributed by atoms with Crippen LogP contribution >= 0.6 is 11.6 Å². The van der Waals surface area contributed by atoms with Gasteiger partial charge in [-0.3, -0.25) is 9.59 Å². The maximum absolute atomic E-state index is 12.2. The molecule has 15 heavy (non-hydrogen) atoms. The summed E-state index contributed by atoms with van der Waals surface area (Å²) in [4.78, 5) is 23.0. The Morgan fingerprint density at radius 3 is 2.40 bits per heavy atom. The molecule has 0 spiro atoms. The molecule has 0 N–H and O–H groups in total. The van der Waals surface area contributed by atoms with Gasteiger partial charge >= 0.3 is 6.43 Å². The Balaban J connectivity index is 2.44. The highest BCUT2D eigenvalue weighted by Gasteiger charge is 2.35. The molecule has 0 heterocycles. The predicted molar refractivity (Wildman–Crippen MR) is 51.1 cm³/mol. The summed E-state index contributed by atoms with van der Waals surface area (Å²) in [5.74, 6) is -1.55. The van der Waals surface area contributed by atoms with Crippen molar-refractivity contribution in [1.82, 2.24) is 4.90 Å². The lowest BCUT2D eigenvalue weighted by molar-refractivity contribution is -0.143. The summed E-state index contributed by atoms with van der Waals surface area (Å²) >= 11 is 5.27. The van der Waals surface area contributed by atoms with Crippen molar-refractivity contribution in [1.29, 1.82) is 0 Å². The fourth-order valence-electron chi connectivity index (χ4n) is 1.30. The molecule has 1 saturated carbocycles. The molecule has 0 saturated heterocycles. The number of halogens is 3. The number of rotatable bonds is 6. The van der Waals surface area contributed by atoms with Gasteiger partial charge in [0, 0.05) is 19.0 Å². The van der Waals surface area contributed by atoms with Crippen LogP contribution in [0, 0.1) is 0 Å². The van der Waals surface area contributed by atoms with Crippen LogP contribution < -0.4 is 0 Å². The van der Waals surface area contributed by atoms with Crippen molar-refractivity contribution in [2.75, 3.05) is 12.4 Å². The van der Waals surface area contributed by atoms with E-state index >= 15 is 0 Å². The average molecular weight is 240 g/mol. The number of carbonyl (C=O) groups excluding carboxylic acids is 2. The first-order valence-corrected chi connectivity index (χ1v) is 5.26. The summed E-state index contributed by atoms with van der Waals surface area (Å²) in [5, 5.41) is 0. The quantitative estimate of drug-likeness (QED) is 0.658. The van der Waals surface area contributed by atoms with Crippen LogP contribution in [-0.2, 0) is 9.59 Å². The van der Waals surface area contributed by atoms with Gasteiger partial charge in [0.25, 0.3) is 5.91 Å². The highest BCUT2D eigenvalue weighted by molar-refractivity contribution is 6.27. The fraction of sp³-hybridized carbons (Fsp3) is 0.778. The van der Waals surface area contributed by atoms with Gasteiger partial charge in [0.15, 0.2) is 0 Å². The number of Topliss-reactive ketones (excluding diaryl/α,β-unsaturated/α-hetero) is 1. The van der Waals surface area contributed by atoms with E-state index in [-0.39, 0.29) is 30.7 Å². The summed E-state index contributed by atoms with van der Waals surface area (Å²) in [6.07, 6.45) is -1.45. The second kappa shape index (κ2) is 5.39. The third-order valence-corrected chi connectivity index (χ3v) is 2.54. The standard InChI is InChI=1S/C9H12ClF2NO2/c10-5-7(14)3-4-13(6-1-2-6)9(15)8(11)12/h6,8H,1-5H2. The van der Waals surface area contributed by atoms with E-state index < -0.39 is 12.3 Å². The summed E-state index contributed by atoms with van der Waals surface area (Å²) in [6.45, 7) is 0.0550. The van der Waals surface area contributed by atoms with Gasteiger partial charge in [0.2, 0.25) is 0 Å². The Bertz CT molecular complexity index is 256. The summed E-state index contributed by atoms with van der Waals surface area (Å²) in [6, 6.07) is -0.102. The minimum Gasteiger partial charge on any atom is -0.334 e. The van der Waals surface area contributed by atoms with E-state index in [2.05, 4.69) is 0 Å². The van der Waals surface area contributed by atoms with E-state index in [1.165, 1.54) is 0 Å². The first kappa shape index (κ1) is 12.4. The third-order valence-electron chi connectivity index (χ3n) is 2.24. The SMILES string of the molecule is O=C(CCl)CCN(C(=O)C(F)F)C1CC1. The van der Waals surface area contributed by atoms with E-state index in [9.17, 15) is 18.4 Å². The fourth-order valence-corrected chi connectivity index (χ4v) is 1.43. The summed E-state index contributed by atoms with van der Waals surface area (Å²) in [5.41, 5.74) is 0. The summed E-state index contributed by atoms with van der Waals surface area (Å²) < 4.78 is 24.3. The number of hydrogen-bond acceptors (Lipinski definition) is 2. The van der Waals surface area contributed by atoms with Crippen LogP contribution in [0.5, 0.6) is 0 Å². The number of alkyl halides is 3. The van der Waals surface area contributed by atoms with Gasteiger partial charge in [-0.2, -0.15) is 8.78 Å². The van der Waals surface area contributed by atoms with Crippen LogP contribution in [0.25, 0.3) is 0 Å². The Labute approximate surface area is 91.4 Å². The maximum atomic E-state index is 12.2. The van der Waals surface area contributed by atoms with Gasteiger partial charge in [0.05, 0.1) is 5.88 Å². The zero-order valence-electron chi connectivity index (χ0n) is 8.09. The van der Waals surface area contributed by atoms with Gasteiger partial charge in [-0.1, -0.05) is 0 Å². The van der Waals surface area contributed by atoms with E-state index in [0.717, 1.165) is 17.7 Å². The maximum Gasteiger partial charge on any atom is 0.315 e. The van der Waals surface area contributed by atoms with Gasteiger partial charge in [-0.15, -0.1) is 11.6 Å². The smallest absolute Gasteiger partial charge is 0.315 e. The number of nitrogens with zero attached hydrogens (tertiary/aromatic N) is 1. The second-order valence-electron chi connectivity index (χ2n) is 3.49. The first-order chi connectivity index (χ1) is 7.06. The molecule has 1 aliphatic carbocycles. The molecule has 86 valence electrons. The summed E-state index contributed by atoms with van der Waals surface area (Å²) in [7, 11) is 0. The van der Waals surface area contributed by atoms with Crippen molar-refractivity contribution in [3.63, 3.8) is 0 Å². The van der Waals surface area contributed by atoms with Crippen molar-refractivity contribution in [2.45, 2.75) is 31.7 Å². The molecule has 0 bridgehead atoms. The molecular formula is C9H12ClF2NO2. The Morgan fingerprint density at radius 2 is 2.00 bits per heavy atom. The lowest BCUT2D eigenvalue weighted by atomic mass is 10.3. The van der Waals surface area contributed by atoms with Crippen molar-refractivity contribution in [2.24, 2.45) is 0 Å². The Hall–Kier alpha value is -0.710. The number of ketones is 1. The Kier molecular flexibility index (Phi) is 4.45. The van der Waals surface area contributed by atoms with Crippen LogP contribution in [0.1, 0.15) is 19.3 Å². The lowest BCUT2D eigenvalue weighted by Crippen LogP contribution is -2.38. The molecule has 0 aromatic heterocycles. The molecule has 1 rings (SSSR count). The van der Waals surface area contributed by atoms with E-state index in [1.54, 1.807) is 0 Å². The van der Waals surface area contributed by atoms with Crippen LogP contribution in [-0.4, -0.2) is 41.5 Å². The van der Waals surface area contributed by atoms with Crippen LogP contribution in [0.3, 0.4) is 0 Å². The molecule has 1 aliphatic rings. The number of amides is 1. The molecule has 1 amide bonds. The van der Waals surface area contributed by atoms with Crippen molar-refractivity contribution in [3.05, 3.63) is 0 Å². The molecule has 0 aromatic rings. The predicted octanol–water partition coefficient (Wildman–Crippen LogP) is 1.44. The Morgan fingerprint density at radius 1 is 1.40 bits per heavy atom. The minimum atomic E-state index is -2.99. The molecular weight excluding hydrogens is 228 g/mol. The topological polar surface area (TPSA) is 37.4 Å². The normalized spacial score (nSPS) is 15.5. The molecule has 0 aliphatic heterocycles. The van der Waals surface area contributed by atoms with Crippen LogP contribution in [0.2, 0.25) is 0 Å². The van der Waals surface area contributed by atoms with Crippen LogP contribution in [0.15, 0.2) is 0 Å². The largest absolute Gasteiger partial charge is 0.334 e. The first-order valence-electron chi connectivity index (χ1n) is 4.72. The molecule has 1 fully saturated rings. The highest BCUT2D eigenvalue weighted by atomic mass is 35.5. The van der Waals surface area contributed by atoms with Gasteiger partial charge < -0.3 is 4.90 Å². The van der Waals surface area contributed by atoms with Crippen molar-refractivity contribution in [3.8, 4) is 0 Å². The molecule has 6 heteroatoms. The highest BCUT2D eigenvalue weighted by Crippen LogP contribution is 2.28. The molecule has 0 unspecified atom stereocenters. The van der Waals surface area contributed by atoms with E-state index in [1.807, 2.05) is 0 Å². The van der Waals surface area contributed by atoms with Crippen LogP contribution in [0.4, 0.5) is 8.78 Å².